The Morgan fingerprint density at radius 2 is 1.84 bits per heavy atom. The fraction of sp³-hybridized carbons (Fsp3) is 0.727. The average Bonchev–Trinajstić information content (AvgIpc) is 2.18. The van der Waals surface area contributed by atoms with Crippen molar-refractivity contribution in [2.45, 2.75) is 40.0 Å². The number of hydrogen-bond acceptors (Lipinski definition) is 5. The quantitative estimate of drug-likeness (QED) is 0.385. The van der Waals surface area contributed by atoms with Crippen molar-refractivity contribution >= 4 is 17.8 Å². The van der Waals surface area contributed by atoms with Gasteiger partial charge in [-0.2, -0.15) is 0 Å². The van der Waals surface area contributed by atoms with Gasteiger partial charge in [0.25, 0.3) is 5.91 Å². The number of aliphatic imine (C=N–C) groups is 1. The zero-order valence-corrected chi connectivity index (χ0v) is 14.3. The monoisotopic (exact) mass is 282 g/mol. The number of amides is 2. The van der Waals surface area contributed by atoms with Gasteiger partial charge in [-0.15, -0.1) is 0 Å². The van der Waals surface area contributed by atoms with E-state index in [0.29, 0.717) is 6.42 Å². The van der Waals surface area contributed by atoms with Gasteiger partial charge in [0.2, 0.25) is 5.91 Å². The minimum Gasteiger partial charge on any atom is -0.846 e. The molecule has 0 radical (unpaired) electrons. The number of hydrogen-bond donors (Lipinski definition) is 3. The summed E-state index contributed by atoms with van der Waals surface area (Å²) in [7, 11) is 0. The van der Waals surface area contributed by atoms with Crippen LogP contribution in [0.1, 0.15) is 40.0 Å². The predicted molar refractivity (Wildman–Crippen MR) is 67.4 cm³/mol. The molecule has 2 atom stereocenters. The van der Waals surface area contributed by atoms with Crippen molar-refractivity contribution in [3.05, 3.63) is 0 Å². The Hall–Kier alpha value is -0.470. The van der Waals surface area contributed by atoms with Crippen molar-refractivity contribution < 1.29 is 44.3 Å². The maximum atomic E-state index is 11.9. The normalized spacial score (nSPS) is 23.0. The average molecular weight is 282 g/mol. The molecule has 0 aromatic rings. The fourth-order valence-corrected chi connectivity index (χ4v) is 2.30. The van der Waals surface area contributed by atoms with Crippen LogP contribution < -0.4 is 52.3 Å². The summed E-state index contributed by atoms with van der Waals surface area (Å²) < 4.78 is 0. The van der Waals surface area contributed by atoms with Crippen molar-refractivity contribution in [2.75, 3.05) is 0 Å². The van der Waals surface area contributed by atoms with Crippen LogP contribution in [0.25, 0.3) is 0 Å². The molecule has 2 unspecified atom stereocenters. The van der Waals surface area contributed by atoms with E-state index in [4.69, 9.17) is 0 Å². The van der Waals surface area contributed by atoms with Crippen LogP contribution in [0, 0.1) is 11.3 Å². The van der Waals surface area contributed by atoms with Gasteiger partial charge in [-0.05, 0) is 18.8 Å². The number of amidine groups is 1. The second kappa shape index (κ2) is 9.44. The second-order valence-electron chi connectivity index (χ2n) is 4.19. The number of rotatable bonds is 4. The largest absolute Gasteiger partial charge is 1.00 e. The third kappa shape index (κ3) is 4.25. The molecule has 0 aromatic carbocycles. The molecule has 0 saturated carbocycles. The molecule has 1 aliphatic heterocycles. The van der Waals surface area contributed by atoms with Crippen molar-refractivity contribution in [2.24, 2.45) is 16.3 Å². The Labute approximate surface area is 136 Å². The van der Waals surface area contributed by atoms with Gasteiger partial charge in [-0.25, -0.2) is 4.99 Å². The van der Waals surface area contributed by atoms with Crippen LogP contribution in [-0.2, 0) is 9.59 Å². The summed E-state index contributed by atoms with van der Waals surface area (Å²) >= 11 is 0. The van der Waals surface area contributed by atoms with Crippen LogP contribution in [0.2, 0.25) is 0 Å². The van der Waals surface area contributed by atoms with Crippen LogP contribution >= 0.6 is 0 Å². The minimum atomic E-state index is -1.15. The molecule has 0 bridgehead atoms. The SMILES string of the molecule is CCCC(C)C1(CC)C(=O)N=C([O-])NC1=O.N.N.[Na+]. The summed E-state index contributed by atoms with van der Waals surface area (Å²) in [6.07, 6.45) is 2.02. The Kier molecular flexibility index (Phi) is 11.7. The summed E-state index contributed by atoms with van der Waals surface area (Å²) in [5, 5.41) is 13.1. The molecule has 8 heteroatoms. The van der Waals surface area contributed by atoms with Crippen LogP contribution in [0.4, 0.5) is 0 Å². The second-order valence-corrected chi connectivity index (χ2v) is 4.19. The molecule has 19 heavy (non-hydrogen) atoms. The first-order valence-electron chi connectivity index (χ1n) is 5.60. The topological polar surface area (TPSA) is 152 Å². The van der Waals surface area contributed by atoms with Gasteiger partial charge in [0.05, 0.1) is 6.02 Å². The molecule has 7 N–H and O–H groups in total. The molecule has 7 nitrogen and oxygen atoms in total. The summed E-state index contributed by atoms with van der Waals surface area (Å²) in [6, 6.07) is -0.845. The van der Waals surface area contributed by atoms with E-state index in [1.807, 2.05) is 13.8 Å². The van der Waals surface area contributed by atoms with Crippen LogP contribution in [0.5, 0.6) is 0 Å². The van der Waals surface area contributed by atoms with E-state index in [2.05, 4.69) is 10.3 Å². The Morgan fingerprint density at radius 3 is 2.21 bits per heavy atom. The Morgan fingerprint density at radius 1 is 1.32 bits per heavy atom. The van der Waals surface area contributed by atoms with E-state index in [-0.39, 0.29) is 47.8 Å². The Bertz CT molecular complexity index is 349. The zero-order valence-electron chi connectivity index (χ0n) is 12.3. The van der Waals surface area contributed by atoms with Crippen molar-refractivity contribution in [1.29, 1.82) is 0 Å². The molecular weight excluding hydrogens is 259 g/mol. The number of carbonyl (C=O) groups excluding carboxylic acids is 2. The molecule has 0 fully saturated rings. The fourth-order valence-electron chi connectivity index (χ4n) is 2.30. The first-order chi connectivity index (χ1) is 7.48. The Balaban J connectivity index is -0.000000853. The standard InChI is InChI=1S/C11H18N2O3.2H3N.Na/c1-4-6-7(3)11(5-2)8(14)12-10(16)13-9(11)15;;;/h7H,4-6H2,1-3H3,(H2,12,13,14,15,16);2*1H3;/q;;;+1/p-1. The summed E-state index contributed by atoms with van der Waals surface area (Å²) in [5.74, 6) is -1.20. The molecule has 1 aliphatic rings. The van der Waals surface area contributed by atoms with Crippen molar-refractivity contribution in [3.8, 4) is 0 Å². The summed E-state index contributed by atoms with van der Waals surface area (Å²) in [4.78, 5) is 27.1. The first kappa shape index (κ1) is 23.6. The van der Waals surface area contributed by atoms with Gasteiger partial charge in [0.1, 0.15) is 5.41 Å². The first-order valence-corrected chi connectivity index (χ1v) is 5.60. The predicted octanol–water partition coefficient (Wildman–Crippen LogP) is -2.48. The van der Waals surface area contributed by atoms with E-state index in [9.17, 15) is 14.7 Å². The van der Waals surface area contributed by atoms with Gasteiger partial charge < -0.3 is 22.7 Å². The molecule has 0 spiro atoms. The van der Waals surface area contributed by atoms with Gasteiger partial charge >= 0.3 is 29.6 Å². The van der Waals surface area contributed by atoms with Gasteiger partial charge in [0.15, 0.2) is 0 Å². The molecule has 1 rings (SSSR count). The van der Waals surface area contributed by atoms with Gasteiger partial charge in [-0.3, -0.25) is 9.59 Å². The van der Waals surface area contributed by atoms with E-state index >= 15 is 0 Å². The maximum absolute atomic E-state index is 11.9. The smallest absolute Gasteiger partial charge is 0.846 e. The molecular formula is C11H23N4NaO3. The third-order valence-electron chi connectivity index (χ3n) is 3.33. The summed E-state index contributed by atoms with van der Waals surface area (Å²) in [6.45, 7) is 5.62. The summed E-state index contributed by atoms with van der Waals surface area (Å²) in [5.41, 5.74) is -1.15. The van der Waals surface area contributed by atoms with Crippen molar-refractivity contribution in [3.63, 3.8) is 0 Å². The molecule has 0 aromatic heterocycles. The van der Waals surface area contributed by atoms with E-state index in [0.717, 1.165) is 12.8 Å². The van der Waals surface area contributed by atoms with E-state index < -0.39 is 23.3 Å². The van der Waals surface area contributed by atoms with Gasteiger partial charge in [0, 0.05) is 0 Å². The van der Waals surface area contributed by atoms with Crippen LogP contribution in [0.3, 0.4) is 0 Å². The molecule has 2 amide bonds. The minimum absolute atomic E-state index is 0. The van der Waals surface area contributed by atoms with E-state index in [1.165, 1.54) is 0 Å². The third-order valence-corrected chi connectivity index (χ3v) is 3.33. The van der Waals surface area contributed by atoms with Gasteiger partial charge in [-0.1, -0.05) is 27.2 Å². The molecule has 0 aliphatic carbocycles. The molecule has 106 valence electrons. The zero-order chi connectivity index (χ0) is 12.3. The van der Waals surface area contributed by atoms with Crippen LogP contribution in [-0.4, -0.2) is 17.8 Å². The maximum Gasteiger partial charge on any atom is 1.00 e. The van der Waals surface area contributed by atoms with E-state index in [1.54, 1.807) is 6.92 Å². The van der Waals surface area contributed by atoms with Crippen LogP contribution in [0.15, 0.2) is 4.99 Å². The molecule has 0 saturated heterocycles. The number of nitrogens with zero attached hydrogens (tertiary/aromatic N) is 1. The number of carbonyl (C=O) groups is 2. The number of nitrogens with one attached hydrogen (secondary N) is 1. The molecule has 1 heterocycles. The van der Waals surface area contributed by atoms with Crippen molar-refractivity contribution in [1.82, 2.24) is 17.6 Å².